The van der Waals surface area contributed by atoms with Crippen molar-refractivity contribution in [3.8, 4) is 11.5 Å². The molecule has 1 saturated heterocycles. The molecular weight excluding hydrogens is 466 g/mol. The van der Waals surface area contributed by atoms with E-state index in [0.717, 1.165) is 0 Å². The second-order valence-electron chi connectivity index (χ2n) is 7.41. The van der Waals surface area contributed by atoms with Crippen LogP contribution in [0.15, 0.2) is 59.1 Å². The van der Waals surface area contributed by atoms with Gasteiger partial charge in [-0.15, -0.1) is 6.58 Å². The van der Waals surface area contributed by atoms with Gasteiger partial charge < -0.3 is 9.84 Å². The summed E-state index contributed by atoms with van der Waals surface area (Å²) in [4.78, 5) is 12.8. The normalized spacial score (nSPS) is 16.7. The summed E-state index contributed by atoms with van der Waals surface area (Å²) in [6, 6.07) is 8.29. The van der Waals surface area contributed by atoms with Crippen molar-refractivity contribution in [2.75, 3.05) is 13.2 Å². The molecule has 0 saturated carbocycles. The molecule has 1 atom stereocenters. The van der Waals surface area contributed by atoms with Crippen LogP contribution in [0.2, 0.25) is 5.02 Å². The van der Waals surface area contributed by atoms with Crippen molar-refractivity contribution < 1.29 is 23.1 Å². The van der Waals surface area contributed by atoms with E-state index in [4.69, 9.17) is 16.3 Å². The summed E-state index contributed by atoms with van der Waals surface area (Å²) in [5, 5.41) is 14.7. The molecule has 0 aromatic heterocycles. The maximum absolute atomic E-state index is 13.0. The Labute approximate surface area is 198 Å². The van der Waals surface area contributed by atoms with Crippen molar-refractivity contribution in [3.05, 3.63) is 65.2 Å². The number of sulfonamides is 1. The fourth-order valence-electron chi connectivity index (χ4n) is 3.62. The van der Waals surface area contributed by atoms with Gasteiger partial charge in [-0.1, -0.05) is 17.7 Å². The predicted molar refractivity (Wildman–Crippen MR) is 127 cm³/mol. The summed E-state index contributed by atoms with van der Waals surface area (Å²) in [5.74, 6) is -0.177. The van der Waals surface area contributed by atoms with E-state index in [0.29, 0.717) is 47.8 Å². The third-order valence-electron chi connectivity index (χ3n) is 5.16. The van der Waals surface area contributed by atoms with Crippen molar-refractivity contribution in [2.45, 2.75) is 37.1 Å². The van der Waals surface area contributed by atoms with E-state index in [1.54, 1.807) is 25.1 Å². The van der Waals surface area contributed by atoms with Gasteiger partial charge in [0.25, 0.3) is 5.91 Å². The minimum atomic E-state index is -3.85. The molecule has 2 aromatic carbocycles. The van der Waals surface area contributed by atoms with Crippen LogP contribution >= 0.6 is 11.6 Å². The Hall–Kier alpha value is -2.88. The average Bonchev–Trinajstić information content (AvgIpc) is 3.28. The number of hydrazone groups is 1. The van der Waals surface area contributed by atoms with Crippen LogP contribution < -0.4 is 10.2 Å². The Morgan fingerprint density at radius 3 is 2.76 bits per heavy atom. The molecule has 33 heavy (non-hydrogen) atoms. The lowest BCUT2D eigenvalue weighted by Crippen LogP contribution is -2.44. The molecule has 0 radical (unpaired) electrons. The zero-order valence-electron chi connectivity index (χ0n) is 18.2. The maximum Gasteiger partial charge on any atom is 0.258 e. The highest BCUT2D eigenvalue weighted by Crippen LogP contribution is 2.32. The Balaban J connectivity index is 1.74. The Morgan fingerprint density at radius 2 is 2.09 bits per heavy atom. The number of nitrogens with one attached hydrogen (secondary N) is 1. The fraction of sp³-hybridized carbons (Fsp3) is 0.304. The smallest absolute Gasteiger partial charge is 0.258 e. The van der Waals surface area contributed by atoms with E-state index < -0.39 is 22.0 Å². The van der Waals surface area contributed by atoms with Gasteiger partial charge in [-0.2, -0.15) is 9.41 Å². The molecular formula is C23H26ClN3O5S. The number of halogens is 1. The number of phenols is 1. The number of nitrogens with zero attached hydrogens (tertiary/aromatic N) is 2. The molecule has 0 spiro atoms. The summed E-state index contributed by atoms with van der Waals surface area (Å²) < 4.78 is 32.7. The molecule has 1 aliphatic rings. The summed E-state index contributed by atoms with van der Waals surface area (Å²) in [6.07, 6.45) is 4.46. The van der Waals surface area contributed by atoms with Crippen LogP contribution in [0.25, 0.3) is 0 Å². The molecule has 2 aromatic rings. The van der Waals surface area contributed by atoms with Crippen LogP contribution in [0.5, 0.6) is 11.5 Å². The fourth-order valence-corrected chi connectivity index (χ4v) is 5.40. The average molecular weight is 492 g/mol. The monoisotopic (exact) mass is 491 g/mol. The van der Waals surface area contributed by atoms with E-state index >= 15 is 0 Å². The molecule has 0 aliphatic carbocycles. The number of rotatable bonds is 9. The molecule has 0 bridgehead atoms. The Bertz CT molecular complexity index is 1150. The zero-order chi connectivity index (χ0) is 24.0. The first-order valence-electron chi connectivity index (χ1n) is 10.5. The first kappa shape index (κ1) is 24.8. The van der Waals surface area contributed by atoms with Gasteiger partial charge in [0.1, 0.15) is 6.04 Å². The van der Waals surface area contributed by atoms with E-state index in [9.17, 15) is 18.3 Å². The number of aromatic hydroxyl groups is 1. The number of ether oxygens (including phenoxy) is 1. The highest BCUT2D eigenvalue weighted by atomic mass is 35.5. The largest absolute Gasteiger partial charge is 0.504 e. The lowest BCUT2D eigenvalue weighted by molar-refractivity contribution is -0.124. The van der Waals surface area contributed by atoms with E-state index in [2.05, 4.69) is 17.1 Å². The SMILES string of the molecule is C=CCc1cc(/C=N\NC(=O)[C@H]2CCCN2S(=O)(=O)c2ccc(Cl)cc2)cc(OCC)c1O. The second-order valence-corrected chi connectivity index (χ2v) is 9.74. The highest BCUT2D eigenvalue weighted by Gasteiger charge is 2.39. The van der Waals surface area contributed by atoms with Crippen LogP contribution in [0.3, 0.4) is 0 Å². The van der Waals surface area contributed by atoms with E-state index in [1.165, 1.54) is 34.8 Å². The van der Waals surface area contributed by atoms with Crippen LogP contribution in [-0.2, 0) is 21.2 Å². The van der Waals surface area contributed by atoms with Gasteiger partial charge >= 0.3 is 0 Å². The molecule has 1 amide bonds. The summed E-state index contributed by atoms with van der Waals surface area (Å²) >= 11 is 5.86. The molecule has 2 N–H and O–H groups in total. The summed E-state index contributed by atoms with van der Waals surface area (Å²) in [7, 11) is -3.85. The summed E-state index contributed by atoms with van der Waals surface area (Å²) in [6.45, 7) is 6.10. The minimum absolute atomic E-state index is 0.0342. The lowest BCUT2D eigenvalue weighted by atomic mass is 10.1. The third-order valence-corrected chi connectivity index (χ3v) is 7.33. The van der Waals surface area contributed by atoms with Gasteiger partial charge in [0.05, 0.1) is 17.7 Å². The number of amides is 1. The molecule has 8 nitrogen and oxygen atoms in total. The van der Waals surface area contributed by atoms with Crippen molar-refractivity contribution in [1.82, 2.24) is 9.73 Å². The van der Waals surface area contributed by atoms with Crippen molar-refractivity contribution >= 4 is 33.7 Å². The van der Waals surface area contributed by atoms with E-state index in [1.807, 2.05) is 0 Å². The number of hydrogen-bond donors (Lipinski definition) is 2. The number of benzene rings is 2. The van der Waals surface area contributed by atoms with Crippen LogP contribution in [0.4, 0.5) is 0 Å². The lowest BCUT2D eigenvalue weighted by Gasteiger charge is -2.22. The number of carbonyl (C=O) groups excluding carboxylic acids is 1. The van der Waals surface area contributed by atoms with Gasteiger partial charge in [0.15, 0.2) is 11.5 Å². The Kier molecular flexibility index (Phi) is 8.12. The van der Waals surface area contributed by atoms with Gasteiger partial charge in [-0.25, -0.2) is 13.8 Å². The van der Waals surface area contributed by atoms with E-state index in [-0.39, 0.29) is 17.2 Å². The molecule has 176 valence electrons. The third kappa shape index (κ3) is 5.73. The van der Waals surface area contributed by atoms with Gasteiger partial charge in [0.2, 0.25) is 10.0 Å². The topological polar surface area (TPSA) is 108 Å². The predicted octanol–water partition coefficient (Wildman–Crippen LogP) is 3.48. The van der Waals surface area contributed by atoms with Crippen LogP contribution in [0.1, 0.15) is 30.9 Å². The number of allylic oxidation sites excluding steroid dienone is 1. The van der Waals surface area contributed by atoms with Gasteiger partial charge in [-0.3, -0.25) is 4.79 Å². The summed E-state index contributed by atoms with van der Waals surface area (Å²) in [5.41, 5.74) is 3.65. The van der Waals surface area contributed by atoms with Gasteiger partial charge in [0, 0.05) is 17.1 Å². The van der Waals surface area contributed by atoms with Crippen molar-refractivity contribution in [2.24, 2.45) is 5.10 Å². The molecule has 1 aliphatic heterocycles. The first-order valence-corrected chi connectivity index (χ1v) is 12.3. The van der Waals surface area contributed by atoms with Crippen LogP contribution in [0, 0.1) is 0 Å². The number of carbonyl (C=O) groups is 1. The minimum Gasteiger partial charge on any atom is -0.504 e. The number of hydrogen-bond acceptors (Lipinski definition) is 6. The van der Waals surface area contributed by atoms with Crippen molar-refractivity contribution in [1.29, 1.82) is 0 Å². The maximum atomic E-state index is 13.0. The zero-order valence-corrected chi connectivity index (χ0v) is 19.8. The van der Waals surface area contributed by atoms with Gasteiger partial charge in [-0.05, 0) is 68.1 Å². The Morgan fingerprint density at radius 1 is 1.36 bits per heavy atom. The standard InChI is InChI=1S/C23H26ClN3O5S/c1-3-6-17-13-16(14-21(22(17)28)32-4-2)15-25-26-23(29)20-7-5-12-27(20)33(30,31)19-10-8-18(24)9-11-19/h3,8-11,13-15,20,28H,1,4-7,12H2,2H3,(H,26,29)/b25-15-/t20-/m1/s1. The molecule has 3 rings (SSSR count). The van der Waals surface area contributed by atoms with Crippen LogP contribution in [-0.4, -0.2) is 49.1 Å². The highest BCUT2D eigenvalue weighted by molar-refractivity contribution is 7.89. The van der Waals surface area contributed by atoms with Crippen molar-refractivity contribution in [3.63, 3.8) is 0 Å². The molecule has 0 unspecified atom stereocenters. The molecule has 1 heterocycles. The second kappa shape index (κ2) is 10.8. The molecule has 1 fully saturated rings. The quantitative estimate of drug-likeness (QED) is 0.317. The first-order chi connectivity index (χ1) is 15.8. The molecule has 10 heteroatoms. The number of phenolic OH excluding ortho intramolecular Hbond substituents is 1.